The van der Waals surface area contributed by atoms with Crippen LogP contribution >= 0.6 is 27.5 Å². The SMILES string of the molecule is COC(CNC(=O)C(Br)Cc1ccccc1Cl)OC. The van der Waals surface area contributed by atoms with E-state index in [1.807, 2.05) is 18.2 Å². The highest BCUT2D eigenvalue weighted by Gasteiger charge is 2.17. The number of hydrogen-bond acceptors (Lipinski definition) is 3. The summed E-state index contributed by atoms with van der Waals surface area (Å²) in [6, 6.07) is 7.46. The van der Waals surface area contributed by atoms with Crippen molar-refractivity contribution in [1.82, 2.24) is 5.32 Å². The fourth-order valence-electron chi connectivity index (χ4n) is 1.51. The molecule has 0 aliphatic rings. The lowest BCUT2D eigenvalue weighted by atomic mass is 10.1. The van der Waals surface area contributed by atoms with Crippen LogP contribution in [0.15, 0.2) is 24.3 Å². The molecule has 4 nitrogen and oxygen atoms in total. The van der Waals surface area contributed by atoms with Gasteiger partial charge in [0.2, 0.25) is 5.91 Å². The first-order chi connectivity index (χ1) is 9.08. The molecule has 1 aromatic carbocycles. The molecule has 0 saturated heterocycles. The van der Waals surface area contributed by atoms with Crippen LogP contribution in [0.4, 0.5) is 0 Å². The zero-order valence-corrected chi connectivity index (χ0v) is 13.2. The molecule has 0 aromatic heterocycles. The highest BCUT2D eigenvalue weighted by Crippen LogP contribution is 2.19. The third-order valence-electron chi connectivity index (χ3n) is 2.61. The summed E-state index contributed by atoms with van der Waals surface area (Å²) in [6.07, 6.45) is 0.0832. The monoisotopic (exact) mass is 349 g/mol. The summed E-state index contributed by atoms with van der Waals surface area (Å²) in [5.41, 5.74) is 0.927. The minimum atomic E-state index is -0.441. The van der Waals surface area contributed by atoms with Gasteiger partial charge in [0, 0.05) is 19.2 Å². The predicted octanol–water partition coefficient (Wildman–Crippen LogP) is 2.38. The maximum absolute atomic E-state index is 11.9. The Morgan fingerprint density at radius 3 is 2.58 bits per heavy atom. The van der Waals surface area contributed by atoms with Crippen molar-refractivity contribution in [2.75, 3.05) is 20.8 Å². The van der Waals surface area contributed by atoms with Gasteiger partial charge in [0.25, 0.3) is 0 Å². The zero-order valence-electron chi connectivity index (χ0n) is 10.9. The molecule has 0 radical (unpaired) electrons. The average Bonchev–Trinajstić information content (AvgIpc) is 2.42. The Labute approximate surface area is 126 Å². The second kappa shape index (κ2) is 8.53. The van der Waals surface area contributed by atoms with Crippen LogP contribution in [0.5, 0.6) is 0 Å². The quantitative estimate of drug-likeness (QED) is 0.607. The zero-order chi connectivity index (χ0) is 14.3. The lowest BCUT2D eigenvalue weighted by Crippen LogP contribution is -2.38. The van der Waals surface area contributed by atoms with E-state index in [4.69, 9.17) is 21.1 Å². The van der Waals surface area contributed by atoms with E-state index in [0.717, 1.165) is 5.56 Å². The number of nitrogens with one attached hydrogen (secondary N) is 1. The van der Waals surface area contributed by atoms with E-state index in [9.17, 15) is 4.79 Å². The lowest BCUT2D eigenvalue weighted by Gasteiger charge is -2.16. The minimum Gasteiger partial charge on any atom is -0.354 e. The molecule has 106 valence electrons. The highest BCUT2D eigenvalue weighted by atomic mass is 79.9. The van der Waals surface area contributed by atoms with Gasteiger partial charge in [0.05, 0.1) is 11.4 Å². The maximum Gasteiger partial charge on any atom is 0.234 e. The number of hydrogen-bond donors (Lipinski definition) is 1. The molecule has 1 rings (SSSR count). The van der Waals surface area contributed by atoms with Gasteiger partial charge < -0.3 is 14.8 Å². The minimum absolute atomic E-state index is 0.126. The Morgan fingerprint density at radius 2 is 2.00 bits per heavy atom. The number of benzene rings is 1. The van der Waals surface area contributed by atoms with E-state index in [2.05, 4.69) is 21.2 Å². The Balaban J connectivity index is 2.47. The van der Waals surface area contributed by atoms with E-state index in [0.29, 0.717) is 18.0 Å². The molecule has 6 heteroatoms. The van der Waals surface area contributed by atoms with Crippen LogP contribution < -0.4 is 5.32 Å². The number of rotatable bonds is 7. The number of halogens is 2. The van der Waals surface area contributed by atoms with Crippen molar-refractivity contribution >= 4 is 33.4 Å². The molecule has 0 aliphatic carbocycles. The van der Waals surface area contributed by atoms with Crippen molar-refractivity contribution in [3.63, 3.8) is 0 Å². The first kappa shape index (κ1) is 16.4. The Kier molecular flexibility index (Phi) is 7.38. The molecule has 0 heterocycles. The number of carbonyl (C=O) groups excluding carboxylic acids is 1. The van der Waals surface area contributed by atoms with Crippen LogP contribution in [-0.2, 0) is 20.7 Å². The fraction of sp³-hybridized carbons (Fsp3) is 0.462. The van der Waals surface area contributed by atoms with Gasteiger partial charge in [0.15, 0.2) is 6.29 Å². The maximum atomic E-state index is 11.9. The van der Waals surface area contributed by atoms with Crippen molar-refractivity contribution in [3.8, 4) is 0 Å². The van der Waals surface area contributed by atoms with Gasteiger partial charge in [-0.05, 0) is 18.1 Å². The number of amides is 1. The molecule has 1 N–H and O–H groups in total. The second-order valence-corrected chi connectivity index (χ2v) is 5.42. The smallest absolute Gasteiger partial charge is 0.234 e. The standard InChI is InChI=1S/C13H17BrClNO3/c1-18-12(19-2)8-16-13(17)10(14)7-9-5-3-4-6-11(9)15/h3-6,10,12H,7-8H2,1-2H3,(H,16,17). The van der Waals surface area contributed by atoms with E-state index in [-0.39, 0.29) is 10.7 Å². The van der Waals surface area contributed by atoms with Gasteiger partial charge in [-0.25, -0.2) is 0 Å². The summed E-state index contributed by atoms with van der Waals surface area (Å²) >= 11 is 9.41. The molecule has 0 aliphatic heterocycles. The number of ether oxygens (including phenoxy) is 2. The summed E-state index contributed by atoms with van der Waals surface area (Å²) in [5.74, 6) is -0.126. The van der Waals surface area contributed by atoms with Crippen LogP contribution in [0, 0.1) is 0 Å². The molecule has 1 unspecified atom stereocenters. The van der Waals surface area contributed by atoms with Crippen molar-refractivity contribution in [1.29, 1.82) is 0 Å². The largest absolute Gasteiger partial charge is 0.354 e. The third kappa shape index (κ3) is 5.48. The first-order valence-corrected chi connectivity index (χ1v) is 7.08. The molecule has 0 spiro atoms. The molecule has 1 atom stereocenters. The lowest BCUT2D eigenvalue weighted by molar-refractivity contribution is -0.126. The third-order valence-corrected chi connectivity index (χ3v) is 3.72. The predicted molar refractivity (Wildman–Crippen MR) is 78.7 cm³/mol. The topological polar surface area (TPSA) is 47.6 Å². The highest BCUT2D eigenvalue weighted by molar-refractivity contribution is 9.10. The van der Waals surface area contributed by atoms with Gasteiger partial charge in [-0.3, -0.25) is 4.79 Å². The summed E-state index contributed by atoms with van der Waals surface area (Å²) in [7, 11) is 3.05. The van der Waals surface area contributed by atoms with Crippen molar-refractivity contribution < 1.29 is 14.3 Å². The molecule has 1 amide bonds. The molecule has 0 fully saturated rings. The molecule has 1 aromatic rings. The van der Waals surface area contributed by atoms with Crippen LogP contribution in [-0.4, -0.2) is 37.8 Å². The Hall–Kier alpha value is -0.620. The molecule has 0 saturated carbocycles. The van der Waals surface area contributed by atoms with E-state index in [1.54, 1.807) is 6.07 Å². The van der Waals surface area contributed by atoms with Crippen LogP contribution in [0.1, 0.15) is 5.56 Å². The Bertz CT molecular complexity index is 413. The van der Waals surface area contributed by atoms with E-state index >= 15 is 0 Å². The van der Waals surface area contributed by atoms with Crippen LogP contribution in [0.25, 0.3) is 0 Å². The van der Waals surface area contributed by atoms with Crippen molar-refractivity contribution in [2.24, 2.45) is 0 Å². The molecular weight excluding hydrogens is 334 g/mol. The summed E-state index contributed by atoms with van der Waals surface area (Å²) in [6.45, 7) is 0.302. The summed E-state index contributed by atoms with van der Waals surface area (Å²) < 4.78 is 9.99. The fourth-order valence-corrected chi connectivity index (χ4v) is 2.23. The molecule has 19 heavy (non-hydrogen) atoms. The normalized spacial score (nSPS) is 12.5. The molecular formula is C13H17BrClNO3. The van der Waals surface area contributed by atoms with Crippen molar-refractivity contribution in [3.05, 3.63) is 34.9 Å². The van der Waals surface area contributed by atoms with E-state index in [1.165, 1.54) is 14.2 Å². The number of alkyl halides is 1. The van der Waals surface area contributed by atoms with Gasteiger partial charge in [-0.1, -0.05) is 45.7 Å². The van der Waals surface area contributed by atoms with Gasteiger partial charge >= 0.3 is 0 Å². The van der Waals surface area contributed by atoms with Gasteiger partial charge in [-0.15, -0.1) is 0 Å². The summed E-state index contributed by atoms with van der Waals surface area (Å²) in [5, 5.41) is 3.40. The average molecular weight is 351 g/mol. The van der Waals surface area contributed by atoms with Gasteiger partial charge in [-0.2, -0.15) is 0 Å². The van der Waals surface area contributed by atoms with Crippen LogP contribution in [0.2, 0.25) is 5.02 Å². The van der Waals surface area contributed by atoms with Crippen molar-refractivity contribution in [2.45, 2.75) is 17.5 Å². The number of carbonyl (C=O) groups is 1. The Morgan fingerprint density at radius 1 is 1.37 bits per heavy atom. The first-order valence-electron chi connectivity index (χ1n) is 5.79. The number of methoxy groups -OCH3 is 2. The van der Waals surface area contributed by atoms with Gasteiger partial charge in [0.1, 0.15) is 0 Å². The summed E-state index contributed by atoms with van der Waals surface area (Å²) in [4.78, 5) is 11.5. The van der Waals surface area contributed by atoms with Crippen LogP contribution in [0.3, 0.4) is 0 Å². The second-order valence-electron chi connectivity index (χ2n) is 3.91. The van der Waals surface area contributed by atoms with E-state index < -0.39 is 6.29 Å². The molecule has 0 bridgehead atoms.